The van der Waals surface area contributed by atoms with Crippen molar-refractivity contribution >= 4 is 11.6 Å². The number of likely N-dealkylation sites (N-methyl/N-ethyl adjacent to an activating group) is 1. The second kappa shape index (κ2) is 7.37. The topological polar surface area (TPSA) is 41.6 Å². The fraction of sp³-hybridized carbons (Fsp3) is 0.409. The van der Waals surface area contributed by atoms with E-state index in [2.05, 4.69) is 38.0 Å². The van der Waals surface area contributed by atoms with Gasteiger partial charge in [-0.25, -0.2) is 0 Å². The number of rotatable bonds is 3. The standard InChI is InChI=1S/C22H25F3N2O2/c1-13-16-11-15(7-8-17(16)21(2,3)12-27(13)4)26-20(28)14-6-9-19(29-5)18(10-14)22(23,24)25/h6-11,13H,12H2,1-5H3,(H,26,28). The van der Waals surface area contributed by atoms with Crippen molar-refractivity contribution in [3.63, 3.8) is 0 Å². The summed E-state index contributed by atoms with van der Waals surface area (Å²) < 4.78 is 44.5. The first-order valence-electron chi connectivity index (χ1n) is 9.35. The van der Waals surface area contributed by atoms with Gasteiger partial charge in [0.1, 0.15) is 5.75 Å². The number of anilines is 1. The quantitative estimate of drug-likeness (QED) is 0.757. The van der Waals surface area contributed by atoms with E-state index in [1.807, 2.05) is 12.1 Å². The average molecular weight is 406 g/mol. The maximum atomic E-state index is 13.2. The number of nitrogens with zero attached hydrogens (tertiary/aromatic N) is 1. The molecule has 1 atom stereocenters. The fourth-order valence-electron chi connectivity index (χ4n) is 3.96. The van der Waals surface area contributed by atoms with Gasteiger partial charge in [-0.1, -0.05) is 19.9 Å². The molecule has 0 spiro atoms. The molecule has 0 aliphatic carbocycles. The first-order valence-corrected chi connectivity index (χ1v) is 9.35. The molecule has 0 radical (unpaired) electrons. The van der Waals surface area contributed by atoms with Crippen molar-refractivity contribution in [1.82, 2.24) is 4.90 Å². The lowest BCUT2D eigenvalue weighted by atomic mass is 9.76. The molecule has 0 bridgehead atoms. The molecule has 0 fully saturated rings. The molecule has 0 saturated carbocycles. The molecule has 156 valence electrons. The summed E-state index contributed by atoms with van der Waals surface area (Å²) in [6.45, 7) is 7.35. The summed E-state index contributed by atoms with van der Waals surface area (Å²) in [5.41, 5.74) is 1.78. The average Bonchev–Trinajstić information content (AvgIpc) is 2.64. The van der Waals surface area contributed by atoms with Gasteiger partial charge in [-0.2, -0.15) is 13.2 Å². The van der Waals surface area contributed by atoms with Crippen LogP contribution in [0.1, 0.15) is 53.9 Å². The minimum absolute atomic E-state index is 0.0310. The summed E-state index contributed by atoms with van der Waals surface area (Å²) in [5, 5.41) is 2.72. The first-order chi connectivity index (χ1) is 13.4. The molecule has 0 saturated heterocycles. The van der Waals surface area contributed by atoms with Crippen molar-refractivity contribution in [2.24, 2.45) is 0 Å². The number of hydrogen-bond acceptors (Lipinski definition) is 3. The lowest BCUT2D eigenvalue weighted by Crippen LogP contribution is -2.42. The summed E-state index contributed by atoms with van der Waals surface area (Å²) in [5.74, 6) is -0.920. The van der Waals surface area contributed by atoms with Crippen LogP contribution in [0.3, 0.4) is 0 Å². The summed E-state index contributed by atoms with van der Waals surface area (Å²) in [6.07, 6.45) is -4.61. The van der Waals surface area contributed by atoms with Gasteiger partial charge in [0, 0.05) is 29.3 Å². The molecule has 1 amide bonds. The van der Waals surface area contributed by atoms with Crippen LogP contribution in [0.2, 0.25) is 0 Å². The van der Waals surface area contributed by atoms with Gasteiger partial charge in [-0.15, -0.1) is 0 Å². The molecule has 4 nitrogen and oxygen atoms in total. The van der Waals surface area contributed by atoms with Crippen molar-refractivity contribution in [2.45, 2.75) is 38.4 Å². The predicted molar refractivity (Wildman–Crippen MR) is 106 cm³/mol. The van der Waals surface area contributed by atoms with Crippen molar-refractivity contribution in [2.75, 3.05) is 26.0 Å². The van der Waals surface area contributed by atoms with Crippen LogP contribution in [0, 0.1) is 0 Å². The van der Waals surface area contributed by atoms with Gasteiger partial charge < -0.3 is 10.1 Å². The number of hydrogen-bond donors (Lipinski definition) is 1. The van der Waals surface area contributed by atoms with Gasteiger partial charge in [0.05, 0.1) is 12.7 Å². The third-order valence-corrected chi connectivity index (χ3v) is 5.56. The minimum atomic E-state index is -4.61. The van der Waals surface area contributed by atoms with Crippen LogP contribution < -0.4 is 10.1 Å². The van der Waals surface area contributed by atoms with Crippen LogP contribution in [0.5, 0.6) is 5.75 Å². The molecule has 1 N–H and O–H groups in total. The van der Waals surface area contributed by atoms with E-state index in [0.29, 0.717) is 5.69 Å². The maximum absolute atomic E-state index is 13.2. The molecule has 2 aromatic carbocycles. The van der Waals surface area contributed by atoms with Crippen LogP contribution in [0.15, 0.2) is 36.4 Å². The highest BCUT2D eigenvalue weighted by molar-refractivity contribution is 6.04. The van der Waals surface area contributed by atoms with E-state index in [0.717, 1.165) is 31.4 Å². The zero-order valence-corrected chi connectivity index (χ0v) is 17.1. The lowest BCUT2D eigenvalue weighted by molar-refractivity contribution is -0.138. The zero-order valence-electron chi connectivity index (χ0n) is 17.1. The number of alkyl halides is 3. The normalized spacial score (nSPS) is 18.8. The number of halogens is 3. The Kier molecular flexibility index (Phi) is 5.38. The Bertz CT molecular complexity index is 938. The van der Waals surface area contributed by atoms with E-state index in [-0.39, 0.29) is 22.8 Å². The molecule has 29 heavy (non-hydrogen) atoms. The summed E-state index contributed by atoms with van der Waals surface area (Å²) in [7, 11) is 3.22. The highest BCUT2D eigenvalue weighted by Gasteiger charge is 2.36. The van der Waals surface area contributed by atoms with Crippen LogP contribution in [-0.2, 0) is 11.6 Å². The number of carbonyl (C=O) groups is 1. The van der Waals surface area contributed by atoms with E-state index in [1.54, 1.807) is 6.07 Å². The smallest absolute Gasteiger partial charge is 0.419 e. The zero-order chi connectivity index (χ0) is 21.6. The van der Waals surface area contributed by atoms with Gasteiger partial charge in [0.2, 0.25) is 0 Å². The Labute approximate surface area is 168 Å². The monoisotopic (exact) mass is 406 g/mol. The van der Waals surface area contributed by atoms with Gasteiger partial charge in [-0.05, 0) is 55.4 Å². The number of fused-ring (bicyclic) bond motifs is 1. The third-order valence-electron chi connectivity index (χ3n) is 5.56. The Morgan fingerprint density at radius 2 is 1.90 bits per heavy atom. The molecular weight excluding hydrogens is 381 g/mol. The number of amides is 1. The van der Waals surface area contributed by atoms with Crippen molar-refractivity contribution in [1.29, 1.82) is 0 Å². The Morgan fingerprint density at radius 1 is 1.21 bits per heavy atom. The van der Waals surface area contributed by atoms with Crippen molar-refractivity contribution in [3.05, 3.63) is 58.7 Å². The third kappa shape index (κ3) is 4.10. The van der Waals surface area contributed by atoms with Crippen molar-refractivity contribution in [3.8, 4) is 5.75 Å². The van der Waals surface area contributed by atoms with Gasteiger partial charge in [0.15, 0.2) is 0 Å². The second-order valence-corrected chi connectivity index (χ2v) is 8.14. The van der Waals surface area contributed by atoms with Crippen LogP contribution in [0.4, 0.5) is 18.9 Å². The van der Waals surface area contributed by atoms with E-state index < -0.39 is 17.6 Å². The minimum Gasteiger partial charge on any atom is -0.496 e. The lowest BCUT2D eigenvalue weighted by Gasteiger charge is -2.42. The Hall–Kier alpha value is -2.54. The van der Waals surface area contributed by atoms with Crippen LogP contribution in [-0.4, -0.2) is 31.5 Å². The van der Waals surface area contributed by atoms with E-state index in [1.165, 1.54) is 11.6 Å². The van der Waals surface area contributed by atoms with E-state index in [4.69, 9.17) is 4.74 Å². The molecule has 0 aromatic heterocycles. The summed E-state index contributed by atoms with van der Waals surface area (Å²) >= 11 is 0. The van der Waals surface area contributed by atoms with Gasteiger partial charge in [0.25, 0.3) is 5.91 Å². The number of benzene rings is 2. The first kappa shape index (κ1) is 21.2. The molecule has 3 rings (SSSR count). The summed E-state index contributed by atoms with van der Waals surface area (Å²) in [4.78, 5) is 14.8. The Balaban J connectivity index is 1.91. The largest absolute Gasteiger partial charge is 0.496 e. The molecule has 1 unspecified atom stereocenters. The summed E-state index contributed by atoms with van der Waals surface area (Å²) in [6, 6.07) is 9.16. The van der Waals surface area contributed by atoms with Gasteiger partial charge >= 0.3 is 6.18 Å². The molecule has 2 aromatic rings. The number of ether oxygens (including phenoxy) is 1. The molecule has 1 aliphatic heterocycles. The van der Waals surface area contributed by atoms with Crippen LogP contribution >= 0.6 is 0 Å². The van der Waals surface area contributed by atoms with Crippen LogP contribution in [0.25, 0.3) is 0 Å². The maximum Gasteiger partial charge on any atom is 0.419 e. The van der Waals surface area contributed by atoms with Gasteiger partial charge in [-0.3, -0.25) is 9.69 Å². The molecular formula is C22H25F3N2O2. The number of nitrogens with one attached hydrogen (secondary N) is 1. The molecule has 1 heterocycles. The molecule has 7 heteroatoms. The predicted octanol–water partition coefficient (Wildman–Crippen LogP) is 5.25. The Morgan fingerprint density at radius 3 is 2.52 bits per heavy atom. The number of carbonyl (C=O) groups excluding carboxylic acids is 1. The second-order valence-electron chi connectivity index (χ2n) is 8.14. The van der Waals surface area contributed by atoms with E-state index >= 15 is 0 Å². The number of methoxy groups -OCH3 is 1. The molecule has 1 aliphatic rings. The van der Waals surface area contributed by atoms with Crippen molar-refractivity contribution < 1.29 is 22.7 Å². The van der Waals surface area contributed by atoms with E-state index in [9.17, 15) is 18.0 Å². The SMILES string of the molecule is COc1ccc(C(=O)Nc2ccc3c(c2)C(C)N(C)CC3(C)C)cc1C(F)(F)F. The fourth-order valence-corrected chi connectivity index (χ4v) is 3.96. The highest BCUT2D eigenvalue weighted by atomic mass is 19.4. The highest BCUT2D eigenvalue weighted by Crippen LogP contribution is 2.40.